The second-order valence-corrected chi connectivity index (χ2v) is 7.61. The fourth-order valence-electron chi connectivity index (χ4n) is 3.88. The van der Waals surface area contributed by atoms with E-state index in [0.717, 1.165) is 22.4 Å². The lowest BCUT2D eigenvalue weighted by molar-refractivity contribution is 0.104. The lowest BCUT2D eigenvalue weighted by Crippen LogP contribution is -2.23. The molecule has 1 atom stereocenters. The normalized spacial score (nSPS) is 18.0. The SMILES string of the molecule is COc1ccc(C2=CC=CC(/C=C/C(=O)c3ccccc3)(c3ccc(O)cc3)C2)cc1. The van der Waals surface area contributed by atoms with Crippen LogP contribution in [-0.4, -0.2) is 18.0 Å². The van der Waals surface area contributed by atoms with Gasteiger partial charge in [0.1, 0.15) is 11.5 Å². The summed E-state index contributed by atoms with van der Waals surface area (Å²) < 4.78 is 5.28. The average Bonchev–Trinajstić information content (AvgIpc) is 2.83. The molecule has 31 heavy (non-hydrogen) atoms. The Hall–Kier alpha value is -3.85. The van der Waals surface area contributed by atoms with E-state index >= 15 is 0 Å². The van der Waals surface area contributed by atoms with Crippen LogP contribution in [0, 0.1) is 0 Å². The van der Waals surface area contributed by atoms with Crippen LogP contribution in [0.4, 0.5) is 0 Å². The lowest BCUT2D eigenvalue weighted by Gasteiger charge is -2.32. The molecule has 3 nitrogen and oxygen atoms in total. The number of phenolic OH excluding ortho intramolecular Hbond substituents is 1. The minimum absolute atomic E-state index is 0.0345. The van der Waals surface area contributed by atoms with Gasteiger partial charge in [-0.2, -0.15) is 0 Å². The first kappa shape index (κ1) is 20.4. The number of carbonyl (C=O) groups is 1. The van der Waals surface area contributed by atoms with Crippen LogP contribution < -0.4 is 4.74 Å². The Kier molecular flexibility index (Phi) is 5.85. The molecule has 3 aromatic rings. The van der Waals surface area contributed by atoms with E-state index in [-0.39, 0.29) is 11.5 Å². The number of rotatable bonds is 6. The largest absolute Gasteiger partial charge is 0.508 e. The first-order chi connectivity index (χ1) is 15.1. The van der Waals surface area contributed by atoms with Gasteiger partial charge in [0.05, 0.1) is 7.11 Å². The van der Waals surface area contributed by atoms with Crippen LogP contribution in [0.2, 0.25) is 0 Å². The van der Waals surface area contributed by atoms with Gasteiger partial charge in [0.15, 0.2) is 5.78 Å². The van der Waals surface area contributed by atoms with Crippen molar-refractivity contribution < 1.29 is 14.6 Å². The minimum atomic E-state index is -0.498. The van der Waals surface area contributed by atoms with E-state index in [1.807, 2.05) is 78.9 Å². The van der Waals surface area contributed by atoms with Crippen LogP contribution in [-0.2, 0) is 5.41 Å². The Morgan fingerprint density at radius 2 is 1.68 bits per heavy atom. The van der Waals surface area contributed by atoms with Crippen molar-refractivity contribution in [2.24, 2.45) is 0 Å². The van der Waals surface area contributed by atoms with Crippen molar-refractivity contribution in [3.63, 3.8) is 0 Å². The van der Waals surface area contributed by atoms with E-state index < -0.39 is 5.41 Å². The third kappa shape index (κ3) is 4.51. The number of carbonyl (C=O) groups excluding carboxylic acids is 1. The van der Waals surface area contributed by atoms with E-state index in [1.165, 1.54) is 0 Å². The molecule has 0 aromatic heterocycles. The van der Waals surface area contributed by atoms with Gasteiger partial charge in [0.2, 0.25) is 0 Å². The fourth-order valence-corrected chi connectivity index (χ4v) is 3.88. The summed E-state index contributed by atoms with van der Waals surface area (Å²) in [7, 11) is 1.65. The second kappa shape index (κ2) is 8.88. The maximum Gasteiger partial charge on any atom is 0.185 e. The van der Waals surface area contributed by atoms with Crippen LogP contribution in [0.15, 0.2) is 109 Å². The quantitative estimate of drug-likeness (QED) is 0.395. The molecule has 0 fully saturated rings. The van der Waals surface area contributed by atoms with Gasteiger partial charge in [0.25, 0.3) is 0 Å². The van der Waals surface area contributed by atoms with Crippen molar-refractivity contribution >= 4 is 11.4 Å². The highest BCUT2D eigenvalue weighted by molar-refractivity contribution is 6.04. The molecule has 4 rings (SSSR count). The molecule has 3 heteroatoms. The van der Waals surface area contributed by atoms with Gasteiger partial charge >= 0.3 is 0 Å². The molecule has 0 saturated carbocycles. The summed E-state index contributed by atoms with van der Waals surface area (Å²) >= 11 is 0. The van der Waals surface area contributed by atoms with Crippen LogP contribution in [0.1, 0.15) is 27.9 Å². The Bertz CT molecular complexity index is 1140. The standard InChI is InChI=1S/C28H24O3/c1-31-26-15-9-21(10-16-26)23-8-5-18-28(20-23,24-11-13-25(29)14-12-24)19-17-27(30)22-6-3-2-4-7-22/h2-19,29H,20H2,1H3/b19-17+. The third-order valence-electron chi connectivity index (χ3n) is 5.63. The number of hydrogen-bond donors (Lipinski definition) is 1. The van der Waals surface area contributed by atoms with Crippen molar-refractivity contribution in [1.82, 2.24) is 0 Å². The highest BCUT2D eigenvalue weighted by Crippen LogP contribution is 2.41. The van der Waals surface area contributed by atoms with Crippen molar-refractivity contribution in [3.05, 3.63) is 126 Å². The zero-order chi connectivity index (χ0) is 21.7. The summed E-state index contributed by atoms with van der Waals surface area (Å²) in [4.78, 5) is 12.8. The van der Waals surface area contributed by atoms with E-state index in [0.29, 0.717) is 12.0 Å². The van der Waals surface area contributed by atoms with E-state index in [9.17, 15) is 9.90 Å². The van der Waals surface area contributed by atoms with Gasteiger partial charge in [-0.3, -0.25) is 4.79 Å². The molecule has 154 valence electrons. The van der Waals surface area contributed by atoms with Crippen LogP contribution >= 0.6 is 0 Å². The summed E-state index contributed by atoms with van der Waals surface area (Å²) in [5, 5.41) is 9.77. The summed E-state index contributed by atoms with van der Waals surface area (Å²) in [6.45, 7) is 0. The summed E-state index contributed by atoms with van der Waals surface area (Å²) in [5.41, 5.74) is 3.44. The summed E-state index contributed by atoms with van der Waals surface area (Å²) in [5.74, 6) is 0.996. The third-order valence-corrected chi connectivity index (χ3v) is 5.63. The number of benzene rings is 3. The van der Waals surface area contributed by atoms with E-state index in [1.54, 1.807) is 25.3 Å². The Labute approximate surface area is 182 Å². The lowest BCUT2D eigenvalue weighted by atomic mass is 9.71. The highest BCUT2D eigenvalue weighted by Gasteiger charge is 2.30. The summed E-state index contributed by atoms with van der Waals surface area (Å²) in [6.07, 6.45) is 10.6. The van der Waals surface area contributed by atoms with Crippen LogP contribution in [0.3, 0.4) is 0 Å². The molecular weight excluding hydrogens is 384 g/mol. The molecule has 1 unspecified atom stereocenters. The van der Waals surface area contributed by atoms with Crippen molar-refractivity contribution in [3.8, 4) is 11.5 Å². The number of hydrogen-bond acceptors (Lipinski definition) is 3. The van der Waals surface area contributed by atoms with Crippen LogP contribution in [0.25, 0.3) is 5.57 Å². The van der Waals surface area contributed by atoms with Gasteiger partial charge < -0.3 is 9.84 Å². The molecule has 0 saturated heterocycles. The van der Waals surface area contributed by atoms with Gasteiger partial charge in [-0.25, -0.2) is 0 Å². The number of allylic oxidation sites excluding steroid dienone is 6. The molecule has 0 spiro atoms. The van der Waals surface area contributed by atoms with Gasteiger partial charge in [0, 0.05) is 11.0 Å². The maximum absolute atomic E-state index is 12.8. The van der Waals surface area contributed by atoms with Gasteiger partial charge in [-0.15, -0.1) is 0 Å². The predicted octanol–water partition coefficient (Wildman–Crippen LogP) is 6.12. The zero-order valence-corrected chi connectivity index (χ0v) is 17.4. The molecule has 0 bridgehead atoms. The van der Waals surface area contributed by atoms with Gasteiger partial charge in [-0.1, -0.05) is 78.9 Å². The molecule has 0 radical (unpaired) electrons. The minimum Gasteiger partial charge on any atom is -0.508 e. The van der Waals surface area contributed by atoms with Gasteiger partial charge in [-0.05, 0) is 53.5 Å². The van der Waals surface area contributed by atoms with Crippen LogP contribution in [0.5, 0.6) is 11.5 Å². The Balaban J connectivity index is 1.70. The number of phenols is 1. The fraction of sp³-hybridized carbons (Fsp3) is 0.107. The number of methoxy groups -OCH3 is 1. The van der Waals surface area contributed by atoms with Crippen molar-refractivity contribution in [1.29, 1.82) is 0 Å². The monoisotopic (exact) mass is 408 g/mol. The molecule has 0 heterocycles. The first-order valence-corrected chi connectivity index (χ1v) is 10.2. The zero-order valence-electron chi connectivity index (χ0n) is 17.4. The molecule has 3 aromatic carbocycles. The summed E-state index contributed by atoms with van der Waals surface area (Å²) in [6, 6.07) is 24.4. The molecule has 0 amide bonds. The number of aromatic hydroxyl groups is 1. The number of ketones is 1. The molecular formula is C28H24O3. The maximum atomic E-state index is 12.8. The van der Waals surface area contributed by atoms with Crippen molar-refractivity contribution in [2.45, 2.75) is 11.8 Å². The Morgan fingerprint density at radius 3 is 2.35 bits per heavy atom. The number of ether oxygens (including phenoxy) is 1. The van der Waals surface area contributed by atoms with E-state index in [4.69, 9.17) is 4.74 Å². The first-order valence-electron chi connectivity index (χ1n) is 10.2. The topological polar surface area (TPSA) is 46.5 Å². The molecule has 0 aliphatic heterocycles. The molecule has 1 aliphatic carbocycles. The van der Waals surface area contributed by atoms with Crippen molar-refractivity contribution in [2.75, 3.05) is 7.11 Å². The second-order valence-electron chi connectivity index (χ2n) is 7.61. The predicted molar refractivity (Wildman–Crippen MR) is 124 cm³/mol. The smallest absolute Gasteiger partial charge is 0.185 e. The molecule has 1 N–H and O–H groups in total. The van der Waals surface area contributed by atoms with E-state index in [2.05, 4.69) is 12.2 Å². The molecule has 1 aliphatic rings. The Morgan fingerprint density at radius 1 is 0.968 bits per heavy atom. The highest BCUT2D eigenvalue weighted by atomic mass is 16.5. The average molecular weight is 408 g/mol.